The van der Waals surface area contributed by atoms with Crippen molar-refractivity contribution in [2.45, 2.75) is 70.5 Å². The lowest BCUT2D eigenvalue weighted by atomic mass is 10.1. The van der Waals surface area contributed by atoms with Gasteiger partial charge >= 0.3 is 0 Å². The molecule has 2 heterocycles. The molecule has 0 amide bonds. The number of unbranched alkanes of at least 4 members (excludes halogenated alkanes) is 1. The van der Waals surface area contributed by atoms with E-state index in [1.165, 1.54) is 51.6 Å². The molecule has 0 aromatic carbocycles. The van der Waals surface area contributed by atoms with Gasteiger partial charge in [-0.2, -0.15) is 0 Å². The van der Waals surface area contributed by atoms with Crippen LogP contribution in [0.25, 0.3) is 0 Å². The fourth-order valence-corrected chi connectivity index (χ4v) is 4.34. The third kappa shape index (κ3) is 4.77. The van der Waals surface area contributed by atoms with E-state index in [-0.39, 0.29) is 0 Å². The third-order valence-corrected chi connectivity index (χ3v) is 5.83. The molecular weight excluding hydrogens is 316 g/mol. The summed E-state index contributed by atoms with van der Waals surface area (Å²) in [5.74, 6) is 1.01. The number of ether oxygens (including phenoxy) is 1. The van der Waals surface area contributed by atoms with Gasteiger partial charge in [0.1, 0.15) is 0 Å². The molecule has 7 nitrogen and oxygen atoms in total. The van der Waals surface area contributed by atoms with Crippen LogP contribution in [0.5, 0.6) is 0 Å². The van der Waals surface area contributed by atoms with Crippen LogP contribution in [0.3, 0.4) is 0 Å². The van der Waals surface area contributed by atoms with Gasteiger partial charge in [-0.1, -0.05) is 32.6 Å². The summed E-state index contributed by atoms with van der Waals surface area (Å²) in [6, 6.07) is 1.17. The average Bonchev–Trinajstić information content (AvgIpc) is 3.33. The van der Waals surface area contributed by atoms with Crippen LogP contribution in [0.1, 0.15) is 63.7 Å². The number of nitrogens with zero attached hydrogens (tertiary/aromatic N) is 6. The number of aromatic nitrogens is 4. The first-order valence-electron chi connectivity index (χ1n) is 10.1. The van der Waals surface area contributed by atoms with Crippen LogP contribution in [0, 0.1) is 0 Å². The molecule has 0 unspecified atom stereocenters. The Labute approximate surface area is 151 Å². The van der Waals surface area contributed by atoms with Crippen LogP contribution in [-0.4, -0.2) is 75.9 Å². The number of hydrogen-bond donors (Lipinski definition) is 0. The highest BCUT2D eigenvalue weighted by Crippen LogP contribution is 2.29. The fraction of sp³-hybridized carbons (Fsp3) is 0.944. The number of hydrogen-bond acceptors (Lipinski definition) is 6. The smallest absolute Gasteiger partial charge is 0.168 e. The zero-order valence-electron chi connectivity index (χ0n) is 15.9. The fourth-order valence-electron chi connectivity index (χ4n) is 4.34. The second-order valence-corrected chi connectivity index (χ2v) is 7.42. The van der Waals surface area contributed by atoms with E-state index in [2.05, 4.69) is 32.2 Å². The van der Waals surface area contributed by atoms with Gasteiger partial charge in [-0.15, -0.1) is 5.10 Å². The summed E-state index contributed by atoms with van der Waals surface area (Å²) in [7, 11) is 1.72. The molecule has 1 aromatic heterocycles. The third-order valence-electron chi connectivity index (χ3n) is 5.83. The Bertz CT molecular complexity index is 494. The lowest BCUT2D eigenvalue weighted by molar-refractivity contribution is 0.0614. The van der Waals surface area contributed by atoms with Crippen molar-refractivity contribution in [2.75, 3.05) is 39.9 Å². The molecule has 2 aliphatic rings. The normalized spacial score (nSPS) is 21.8. The molecule has 1 atom stereocenters. The quantitative estimate of drug-likeness (QED) is 0.680. The standard InChI is InChI=1S/C18H34N6O/c1-3-4-9-17(18-19-20-21-24(18)14-15-25-2)23-12-10-22(11-13-23)16-7-5-6-8-16/h16-17H,3-15H2,1-2H3/t17-/m0/s1. The highest BCUT2D eigenvalue weighted by atomic mass is 16.5. The molecule has 0 radical (unpaired) electrons. The summed E-state index contributed by atoms with van der Waals surface area (Å²) in [6.45, 7) is 8.25. The van der Waals surface area contributed by atoms with Crippen LogP contribution < -0.4 is 0 Å². The van der Waals surface area contributed by atoms with Gasteiger partial charge in [0.25, 0.3) is 0 Å². The van der Waals surface area contributed by atoms with Crippen LogP contribution in [0.4, 0.5) is 0 Å². The maximum Gasteiger partial charge on any atom is 0.168 e. The molecule has 1 aliphatic heterocycles. The van der Waals surface area contributed by atoms with Crippen LogP contribution in [0.15, 0.2) is 0 Å². The predicted octanol–water partition coefficient (Wildman–Crippen LogP) is 2.11. The highest BCUT2D eigenvalue weighted by Gasteiger charge is 2.31. The minimum atomic E-state index is 0.331. The van der Waals surface area contributed by atoms with E-state index in [4.69, 9.17) is 4.74 Å². The molecule has 142 valence electrons. The van der Waals surface area contributed by atoms with Crippen molar-refractivity contribution in [1.82, 2.24) is 30.0 Å². The van der Waals surface area contributed by atoms with E-state index < -0.39 is 0 Å². The van der Waals surface area contributed by atoms with E-state index in [0.29, 0.717) is 12.6 Å². The van der Waals surface area contributed by atoms with Crippen molar-refractivity contribution in [2.24, 2.45) is 0 Å². The first-order chi connectivity index (χ1) is 12.3. The summed E-state index contributed by atoms with van der Waals surface area (Å²) in [5, 5.41) is 12.5. The van der Waals surface area contributed by atoms with E-state index in [0.717, 1.165) is 37.9 Å². The Morgan fingerprint density at radius 2 is 1.92 bits per heavy atom. The molecule has 7 heteroatoms. The SMILES string of the molecule is CCCC[C@@H](c1nnnn1CCOC)N1CCN(C2CCCC2)CC1. The van der Waals surface area contributed by atoms with Crippen LogP contribution in [0.2, 0.25) is 0 Å². The second kappa shape index (κ2) is 9.59. The first-order valence-corrected chi connectivity index (χ1v) is 10.1. The lowest BCUT2D eigenvalue weighted by Crippen LogP contribution is -2.50. The Hall–Kier alpha value is -1.05. The van der Waals surface area contributed by atoms with Gasteiger partial charge in [0, 0.05) is 39.3 Å². The van der Waals surface area contributed by atoms with Crippen molar-refractivity contribution >= 4 is 0 Å². The zero-order chi connectivity index (χ0) is 17.5. The molecule has 0 bridgehead atoms. The molecule has 3 rings (SSSR count). The van der Waals surface area contributed by atoms with Crippen molar-refractivity contribution in [3.05, 3.63) is 5.82 Å². The summed E-state index contributed by atoms with van der Waals surface area (Å²) in [5.41, 5.74) is 0. The highest BCUT2D eigenvalue weighted by molar-refractivity contribution is 4.96. The molecule has 0 spiro atoms. The van der Waals surface area contributed by atoms with Crippen molar-refractivity contribution in [3.8, 4) is 0 Å². The molecule has 25 heavy (non-hydrogen) atoms. The summed E-state index contributed by atoms with van der Waals surface area (Å²) >= 11 is 0. The predicted molar refractivity (Wildman–Crippen MR) is 97.4 cm³/mol. The number of tetrazole rings is 1. The first kappa shape index (κ1) is 18.7. The topological polar surface area (TPSA) is 59.3 Å². The van der Waals surface area contributed by atoms with E-state index in [1.807, 2.05) is 4.68 Å². The Morgan fingerprint density at radius 1 is 1.16 bits per heavy atom. The van der Waals surface area contributed by atoms with Gasteiger partial charge in [-0.3, -0.25) is 9.80 Å². The minimum Gasteiger partial charge on any atom is -0.383 e. The molecule has 1 saturated carbocycles. The molecule has 0 N–H and O–H groups in total. The van der Waals surface area contributed by atoms with Gasteiger partial charge in [0.15, 0.2) is 5.82 Å². The van der Waals surface area contributed by atoms with Gasteiger partial charge in [-0.05, 0) is 29.7 Å². The summed E-state index contributed by atoms with van der Waals surface area (Å²) in [4.78, 5) is 5.32. The van der Waals surface area contributed by atoms with Crippen molar-refractivity contribution in [3.63, 3.8) is 0 Å². The second-order valence-electron chi connectivity index (χ2n) is 7.42. The average molecular weight is 351 g/mol. The monoisotopic (exact) mass is 350 g/mol. The maximum absolute atomic E-state index is 5.21. The largest absolute Gasteiger partial charge is 0.383 e. The van der Waals surface area contributed by atoms with Gasteiger partial charge in [0.2, 0.25) is 0 Å². The summed E-state index contributed by atoms with van der Waals surface area (Å²) < 4.78 is 7.15. The molecule has 1 saturated heterocycles. The molecule has 1 aliphatic carbocycles. The number of methoxy groups -OCH3 is 1. The molecule has 1 aromatic rings. The number of piperazine rings is 1. The van der Waals surface area contributed by atoms with E-state index in [9.17, 15) is 0 Å². The van der Waals surface area contributed by atoms with E-state index in [1.54, 1.807) is 7.11 Å². The van der Waals surface area contributed by atoms with Gasteiger partial charge in [-0.25, -0.2) is 4.68 Å². The van der Waals surface area contributed by atoms with E-state index >= 15 is 0 Å². The number of rotatable bonds is 9. The maximum atomic E-state index is 5.21. The molecular formula is C18H34N6O. The van der Waals surface area contributed by atoms with Gasteiger partial charge in [0.05, 0.1) is 19.2 Å². The lowest BCUT2D eigenvalue weighted by Gasteiger charge is -2.41. The van der Waals surface area contributed by atoms with Crippen molar-refractivity contribution < 1.29 is 4.74 Å². The molecule has 2 fully saturated rings. The van der Waals surface area contributed by atoms with Gasteiger partial charge < -0.3 is 4.74 Å². The Morgan fingerprint density at radius 3 is 2.60 bits per heavy atom. The Balaban J connectivity index is 1.63. The minimum absolute atomic E-state index is 0.331. The van der Waals surface area contributed by atoms with Crippen LogP contribution >= 0.6 is 0 Å². The summed E-state index contributed by atoms with van der Waals surface area (Å²) in [6.07, 6.45) is 9.18. The van der Waals surface area contributed by atoms with Crippen LogP contribution in [-0.2, 0) is 11.3 Å². The zero-order valence-corrected chi connectivity index (χ0v) is 15.9. The Kier molecular flexibility index (Phi) is 7.19. The van der Waals surface area contributed by atoms with Crippen molar-refractivity contribution in [1.29, 1.82) is 0 Å².